The van der Waals surface area contributed by atoms with Crippen molar-refractivity contribution in [3.63, 3.8) is 0 Å². The minimum Gasteiger partial charge on any atom is -0.453 e. The van der Waals surface area contributed by atoms with E-state index in [1.165, 1.54) is 32.2 Å². The molecule has 2 nitrogen and oxygen atoms in total. The highest BCUT2D eigenvalue weighted by molar-refractivity contribution is 9.10. The van der Waals surface area contributed by atoms with Gasteiger partial charge in [0.05, 0.1) is 6.54 Å². The van der Waals surface area contributed by atoms with Gasteiger partial charge in [0.25, 0.3) is 0 Å². The quantitative estimate of drug-likeness (QED) is 0.914. The highest BCUT2D eigenvalue weighted by Crippen LogP contribution is 2.47. The second kappa shape index (κ2) is 4.53. The van der Waals surface area contributed by atoms with E-state index in [-0.39, 0.29) is 0 Å². The minimum atomic E-state index is 0.823. The Morgan fingerprint density at radius 3 is 2.88 bits per heavy atom. The zero-order valence-corrected chi connectivity index (χ0v) is 11.0. The SMILES string of the molecule is Brc1ccc(CNCC2CC3CCC2C3)o1. The monoisotopic (exact) mass is 283 g/mol. The molecule has 2 fully saturated rings. The van der Waals surface area contributed by atoms with Gasteiger partial charge in [-0.1, -0.05) is 6.42 Å². The molecular weight excluding hydrogens is 266 g/mol. The van der Waals surface area contributed by atoms with Gasteiger partial charge in [-0.25, -0.2) is 0 Å². The van der Waals surface area contributed by atoms with E-state index in [2.05, 4.69) is 21.2 Å². The van der Waals surface area contributed by atoms with Crippen molar-refractivity contribution < 1.29 is 4.42 Å². The Labute approximate surface area is 105 Å². The maximum absolute atomic E-state index is 5.46. The van der Waals surface area contributed by atoms with Gasteiger partial charge < -0.3 is 9.73 Å². The summed E-state index contributed by atoms with van der Waals surface area (Å²) in [5, 5.41) is 3.53. The third-order valence-corrected chi connectivity index (χ3v) is 4.65. The van der Waals surface area contributed by atoms with Gasteiger partial charge in [0.1, 0.15) is 5.76 Å². The van der Waals surface area contributed by atoms with Crippen LogP contribution in [0, 0.1) is 17.8 Å². The van der Waals surface area contributed by atoms with E-state index in [4.69, 9.17) is 4.42 Å². The first-order valence-electron chi connectivity index (χ1n) is 6.26. The van der Waals surface area contributed by atoms with E-state index < -0.39 is 0 Å². The Morgan fingerprint density at radius 1 is 1.31 bits per heavy atom. The smallest absolute Gasteiger partial charge is 0.169 e. The number of nitrogens with one attached hydrogen (secondary N) is 1. The van der Waals surface area contributed by atoms with Crippen molar-refractivity contribution in [1.29, 1.82) is 0 Å². The summed E-state index contributed by atoms with van der Waals surface area (Å²) in [5.74, 6) is 4.02. The fraction of sp³-hybridized carbons (Fsp3) is 0.692. The zero-order valence-electron chi connectivity index (χ0n) is 9.42. The van der Waals surface area contributed by atoms with Crippen LogP contribution in [0.4, 0.5) is 0 Å². The number of furan rings is 1. The molecule has 0 aromatic carbocycles. The van der Waals surface area contributed by atoms with Crippen LogP contribution in [0.25, 0.3) is 0 Å². The third-order valence-electron chi connectivity index (χ3n) is 4.22. The Hall–Kier alpha value is -0.280. The van der Waals surface area contributed by atoms with Crippen molar-refractivity contribution in [2.75, 3.05) is 6.54 Å². The second-order valence-corrected chi connectivity index (χ2v) is 6.05. The average molecular weight is 284 g/mol. The molecule has 3 rings (SSSR count). The largest absolute Gasteiger partial charge is 0.453 e. The predicted octanol–water partition coefficient (Wildman–Crippen LogP) is 3.57. The lowest BCUT2D eigenvalue weighted by molar-refractivity contribution is 0.314. The summed E-state index contributed by atoms with van der Waals surface area (Å²) in [6.45, 7) is 2.03. The molecule has 1 N–H and O–H groups in total. The molecule has 16 heavy (non-hydrogen) atoms. The molecule has 3 heteroatoms. The topological polar surface area (TPSA) is 25.2 Å². The van der Waals surface area contributed by atoms with Gasteiger partial charge in [-0.15, -0.1) is 0 Å². The molecule has 0 amide bonds. The van der Waals surface area contributed by atoms with Crippen LogP contribution in [0.5, 0.6) is 0 Å². The van der Waals surface area contributed by atoms with Gasteiger partial charge in [-0.3, -0.25) is 0 Å². The molecule has 2 aliphatic rings. The van der Waals surface area contributed by atoms with Crippen LogP contribution in [0.15, 0.2) is 21.2 Å². The molecule has 88 valence electrons. The maximum atomic E-state index is 5.46. The fourth-order valence-corrected chi connectivity index (χ4v) is 3.79. The highest BCUT2D eigenvalue weighted by Gasteiger charge is 2.38. The van der Waals surface area contributed by atoms with Crippen LogP contribution in [0.3, 0.4) is 0 Å². The van der Waals surface area contributed by atoms with Crippen LogP contribution >= 0.6 is 15.9 Å². The Balaban J connectivity index is 1.44. The van der Waals surface area contributed by atoms with Gasteiger partial charge in [0.2, 0.25) is 0 Å². The third kappa shape index (κ3) is 2.21. The summed E-state index contributed by atoms with van der Waals surface area (Å²) in [7, 11) is 0. The Bertz CT molecular complexity index is 363. The normalized spacial score (nSPS) is 32.4. The summed E-state index contributed by atoms with van der Waals surface area (Å²) >= 11 is 3.32. The van der Waals surface area contributed by atoms with Gasteiger partial charge >= 0.3 is 0 Å². The molecule has 0 aliphatic heterocycles. The summed E-state index contributed by atoms with van der Waals surface area (Å²) < 4.78 is 6.29. The van der Waals surface area contributed by atoms with E-state index in [1.807, 2.05) is 12.1 Å². The standard InChI is InChI=1S/C13H18BrNO/c14-13-4-3-12(16-13)8-15-7-11-6-9-1-2-10(11)5-9/h3-4,9-11,15H,1-2,5-8H2. The van der Waals surface area contributed by atoms with Crippen LogP contribution in [0.2, 0.25) is 0 Å². The number of rotatable bonds is 4. The van der Waals surface area contributed by atoms with E-state index in [9.17, 15) is 0 Å². The molecule has 1 aromatic rings. The number of hydrogen-bond donors (Lipinski definition) is 1. The van der Waals surface area contributed by atoms with Crippen molar-refractivity contribution in [2.24, 2.45) is 17.8 Å². The van der Waals surface area contributed by atoms with Crippen LogP contribution in [-0.4, -0.2) is 6.54 Å². The van der Waals surface area contributed by atoms with E-state index in [0.717, 1.165) is 34.7 Å². The van der Waals surface area contributed by atoms with Crippen LogP contribution in [0.1, 0.15) is 31.4 Å². The van der Waals surface area contributed by atoms with Crippen LogP contribution < -0.4 is 5.32 Å². The molecule has 1 heterocycles. The lowest BCUT2D eigenvalue weighted by Crippen LogP contribution is -2.26. The minimum absolute atomic E-state index is 0.823. The highest BCUT2D eigenvalue weighted by atomic mass is 79.9. The first-order valence-corrected chi connectivity index (χ1v) is 7.05. The molecule has 3 unspecified atom stereocenters. The first-order chi connectivity index (χ1) is 7.81. The van der Waals surface area contributed by atoms with Gasteiger partial charge in [-0.05, 0) is 71.6 Å². The lowest BCUT2D eigenvalue weighted by Gasteiger charge is -2.21. The molecule has 2 bridgehead atoms. The first kappa shape index (κ1) is 10.8. The summed E-state index contributed by atoms with van der Waals surface area (Å²) in [4.78, 5) is 0. The van der Waals surface area contributed by atoms with Crippen molar-refractivity contribution >= 4 is 15.9 Å². The molecule has 2 saturated carbocycles. The molecule has 2 aliphatic carbocycles. The fourth-order valence-electron chi connectivity index (χ4n) is 3.45. The molecule has 3 atom stereocenters. The molecule has 0 radical (unpaired) electrons. The summed E-state index contributed by atoms with van der Waals surface area (Å²) in [6, 6.07) is 3.98. The predicted molar refractivity (Wildman–Crippen MR) is 67.1 cm³/mol. The van der Waals surface area contributed by atoms with Crippen molar-refractivity contribution in [3.8, 4) is 0 Å². The van der Waals surface area contributed by atoms with Crippen molar-refractivity contribution in [1.82, 2.24) is 5.32 Å². The second-order valence-electron chi connectivity index (χ2n) is 5.27. The number of halogens is 1. The Kier molecular flexibility index (Phi) is 3.07. The van der Waals surface area contributed by atoms with Gasteiger partial charge in [-0.2, -0.15) is 0 Å². The summed E-state index contributed by atoms with van der Waals surface area (Å²) in [5.41, 5.74) is 0. The maximum Gasteiger partial charge on any atom is 0.169 e. The summed E-state index contributed by atoms with van der Waals surface area (Å²) in [6.07, 6.45) is 5.92. The molecule has 0 spiro atoms. The Morgan fingerprint density at radius 2 is 2.25 bits per heavy atom. The van der Waals surface area contributed by atoms with Gasteiger partial charge in [0.15, 0.2) is 4.67 Å². The molecular formula is C13H18BrNO. The van der Waals surface area contributed by atoms with Crippen molar-refractivity contribution in [2.45, 2.75) is 32.2 Å². The number of fused-ring (bicyclic) bond motifs is 2. The molecule has 0 saturated heterocycles. The van der Waals surface area contributed by atoms with E-state index in [1.54, 1.807) is 0 Å². The van der Waals surface area contributed by atoms with Gasteiger partial charge in [0, 0.05) is 0 Å². The molecule has 1 aromatic heterocycles. The van der Waals surface area contributed by atoms with Crippen LogP contribution in [-0.2, 0) is 6.54 Å². The van der Waals surface area contributed by atoms with Crippen molar-refractivity contribution in [3.05, 3.63) is 22.6 Å². The lowest BCUT2D eigenvalue weighted by atomic mass is 9.89. The number of hydrogen-bond acceptors (Lipinski definition) is 2. The van der Waals surface area contributed by atoms with E-state index >= 15 is 0 Å². The van der Waals surface area contributed by atoms with E-state index in [0.29, 0.717) is 0 Å². The zero-order chi connectivity index (χ0) is 11.0. The average Bonchev–Trinajstić information content (AvgIpc) is 2.94.